The van der Waals surface area contributed by atoms with Crippen LogP contribution in [0, 0.1) is 0 Å². The summed E-state index contributed by atoms with van der Waals surface area (Å²) in [5.41, 5.74) is 3.28. The van der Waals surface area contributed by atoms with Gasteiger partial charge in [-0.2, -0.15) is 0 Å². The van der Waals surface area contributed by atoms with Crippen molar-refractivity contribution < 1.29 is 9.59 Å². The lowest BCUT2D eigenvalue weighted by molar-refractivity contribution is -0.113. The van der Waals surface area contributed by atoms with Crippen molar-refractivity contribution in [2.24, 2.45) is 0 Å². The van der Waals surface area contributed by atoms with E-state index >= 15 is 0 Å². The summed E-state index contributed by atoms with van der Waals surface area (Å²) >= 11 is 7.56. The number of aromatic nitrogens is 2. The fourth-order valence-electron chi connectivity index (χ4n) is 3.67. The summed E-state index contributed by atoms with van der Waals surface area (Å²) in [7, 11) is 0. The number of nitrogens with zero attached hydrogens (tertiary/aromatic N) is 2. The second-order valence-electron chi connectivity index (χ2n) is 7.28. The maximum Gasteiger partial charge on any atom is 0.319 e. The van der Waals surface area contributed by atoms with Crippen LogP contribution in [-0.2, 0) is 11.3 Å². The van der Waals surface area contributed by atoms with Crippen LogP contribution in [0.1, 0.15) is 24.2 Å². The summed E-state index contributed by atoms with van der Waals surface area (Å²) in [5, 5.41) is 9.79. The predicted molar refractivity (Wildman–Crippen MR) is 127 cm³/mol. The van der Waals surface area contributed by atoms with Gasteiger partial charge in [-0.05, 0) is 36.9 Å². The quantitative estimate of drug-likeness (QED) is 0.463. The summed E-state index contributed by atoms with van der Waals surface area (Å²) in [6.07, 6.45) is 3.66. The Labute approximate surface area is 195 Å². The van der Waals surface area contributed by atoms with Gasteiger partial charge in [-0.3, -0.25) is 4.79 Å². The molecule has 1 atom stereocenters. The van der Waals surface area contributed by atoms with Crippen LogP contribution in [0.5, 0.6) is 0 Å². The minimum Gasteiger partial charge on any atom is -0.325 e. The van der Waals surface area contributed by atoms with Gasteiger partial charge in [0.05, 0.1) is 17.5 Å². The maximum absolute atomic E-state index is 13.3. The van der Waals surface area contributed by atoms with E-state index in [2.05, 4.69) is 20.9 Å². The lowest BCUT2D eigenvalue weighted by Gasteiger charge is -2.29. The third-order valence-electron chi connectivity index (χ3n) is 5.11. The van der Waals surface area contributed by atoms with Gasteiger partial charge in [0.2, 0.25) is 0 Å². The number of hydrogen-bond donors (Lipinski definition) is 3. The van der Waals surface area contributed by atoms with Crippen molar-refractivity contribution in [2.75, 3.05) is 11.6 Å². The Balaban J connectivity index is 1.72. The molecule has 1 unspecified atom stereocenters. The van der Waals surface area contributed by atoms with Crippen molar-refractivity contribution in [2.45, 2.75) is 24.7 Å². The molecule has 0 radical (unpaired) electrons. The number of urea groups is 1. The number of anilines is 1. The molecule has 164 valence electrons. The number of carbonyl (C=O) groups excluding carboxylic acids is 2. The standard InChI is InChI=1S/C23H22ClN5O2S/c1-14-19(21(30)27-17-10-6-9-16(24)11-17)20(28-22(31)26-14)18-12-25-23(32-2)29(18)13-15-7-4-3-5-8-15/h3-12,20H,13H2,1-2H3,(H,27,30)(H2,26,28,31). The van der Waals surface area contributed by atoms with Crippen LogP contribution in [0.2, 0.25) is 5.02 Å². The topological polar surface area (TPSA) is 88.1 Å². The van der Waals surface area contributed by atoms with E-state index in [9.17, 15) is 9.59 Å². The molecular weight excluding hydrogens is 446 g/mol. The third kappa shape index (κ3) is 4.66. The number of allylic oxidation sites excluding steroid dienone is 1. The molecule has 7 nitrogen and oxygen atoms in total. The molecule has 0 bridgehead atoms. The molecule has 0 fully saturated rings. The summed E-state index contributed by atoms with van der Waals surface area (Å²) in [6, 6.07) is 15.9. The maximum atomic E-state index is 13.3. The van der Waals surface area contributed by atoms with E-state index in [-0.39, 0.29) is 11.9 Å². The van der Waals surface area contributed by atoms with Crippen molar-refractivity contribution >= 4 is 41.0 Å². The highest BCUT2D eigenvalue weighted by Crippen LogP contribution is 2.31. The molecule has 3 amide bonds. The van der Waals surface area contributed by atoms with Crippen LogP contribution in [0.3, 0.4) is 0 Å². The minimum atomic E-state index is -0.667. The fourth-order valence-corrected chi connectivity index (χ4v) is 4.41. The first-order valence-electron chi connectivity index (χ1n) is 9.95. The number of amides is 3. The highest BCUT2D eigenvalue weighted by atomic mass is 35.5. The molecule has 0 saturated heterocycles. The van der Waals surface area contributed by atoms with E-state index in [1.807, 2.05) is 41.2 Å². The number of rotatable bonds is 6. The fraction of sp³-hybridized carbons (Fsp3) is 0.174. The number of halogens is 1. The van der Waals surface area contributed by atoms with Crippen LogP contribution in [0.15, 0.2) is 77.2 Å². The average Bonchev–Trinajstić information content (AvgIpc) is 3.16. The molecule has 2 aromatic carbocycles. The Hall–Kier alpha value is -3.23. The van der Waals surface area contributed by atoms with E-state index in [4.69, 9.17) is 11.6 Å². The van der Waals surface area contributed by atoms with Gasteiger partial charge in [0.1, 0.15) is 6.04 Å². The Kier molecular flexibility index (Phi) is 6.53. The Morgan fingerprint density at radius 3 is 2.72 bits per heavy atom. The second-order valence-corrected chi connectivity index (χ2v) is 8.49. The van der Waals surface area contributed by atoms with Crippen LogP contribution in [0.25, 0.3) is 0 Å². The smallest absolute Gasteiger partial charge is 0.319 e. The normalized spacial score (nSPS) is 15.8. The third-order valence-corrected chi connectivity index (χ3v) is 6.03. The van der Waals surface area contributed by atoms with Crippen molar-refractivity contribution in [3.05, 3.63) is 88.3 Å². The lowest BCUT2D eigenvalue weighted by atomic mass is 9.99. The minimum absolute atomic E-state index is 0.333. The summed E-state index contributed by atoms with van der Waals surface area (Å²) in [6.45, 7) is 2.28. The second kappa shape index (κ2) is 9.50. The summed E-state index contributed by atoms with van der Waals surface area (Å²) < 4.78 is 2.02. The van der Waals surface area contributed by atoms with Crippen molar-refractivity contribution in [3.8, 4) is 0 Å². The van der Waals surface area contributed by atoms with Crippen LogP contribution < -0.4 is 16.0 Å². The van der Waals surface area contributed by atoms with Crippen LogP contribution in [-0.4, -0.2) is 27.7 Å². The summed E-state index contributed by atoms with van der Waals surface area (Å²) in [5.74, 6) is -0.333. The first-order valence-corrected chi connectivity index (χ1v) is 11.5. The van der Waals surface area contributed by atoms with E-state index in [1.165, 1.54) is 11.8 Å². The number of hydrogen-bond acceptors (Lipinski definition) is 4. The number of benzene rings is 2. The molecule has 3 N–H and O–H groups in total. The van der Waals surface area contributed by atoms with E-state index < -0.39 is 6.04 Å². The van der Waals surface area contributed by atoms with Gasteiger partial charge < -0.3 is 20.5 Å². The Bertz CT molecular complexity index is 1190. The number of carbonyl (C=O) groups is 2. The zero-order valence-electron chi connectivity index (χ0n) is 17.6. The predicted octanol–water partition coefficient (Wildman–Crippen LogP) is 4.57. The zero-order chi connectivity index (χ0) is 22.7. The largest absolute Gasteiger partial charge is 0.325 e. The van der Waals surface area contributed by atoms with Gasteiger partial charge >= 0.3 is 6.03 Å². The molecule has 1 aromatic heterocycles. The molecule has 4 rings (SSSR count). The molecule has 32 heavy (non-hydrogen) atoms. The molecule has 0 saturated carbocycles. The highest BCUT2D eigenvalue weighted by Gasteiger charge is 2.34. The molecule has 9 heteroatoms. The van der Waals surface area contributed by atoms with Gasteiger partial charge in [-0.1, -0.05) is 59.8 Å². The average molecular weight is 468 g/mol. The molecule has 1 aliphatic rings. The Morgan fingerprint density at radius 2 is 2.00 bits per heavy atom. The monoisotopic (exact) mass is 467 g/mol. The zero-order valence-corrected chi connectivity index (χ0v) is 19.1. The van der Waals surface area contributed by atoms with Gasteiger partial charge in [-0.15, -0.1) is 0 Å². The first kappa shape index (κ1) is 22.0. The molecule has 3 aromatic rings. The van der Waals surface area contributed by atoms with E-state index in [1.54, 1.807) is 37.4 Å². The van der Waals surface area contributed by atoms with Gasteiger partial charge in [-0.25, -0.2) is 9.78 Å². The number of imidazole rings is 1. The molecule has 0 aliphatic carbocycles. The molecule has 1 aliphatic heterocycles. The van der Waals surface area contributed by atoms with Gasteiger partial charge in [0, 0.05) is 23.0 Å². The van der Waals surface area contributed by atoms with Crippen molar-refractivity contribution in [1.82, 2.24) is 20.2 Å². The first-order chi connectivity index (χ1) is 15.5. The van der Waals surface area contributed by atoms with Crippen molar-refractivity contribution in [1.29, 1.82) is 0 Å². The lowest BCUT2D eigenvalue weighted by Crippen LogP contribution is -2.46. The van der Waals surface area contributed by atoms with Crippen LogP contribution >= 0.6 is 23.4 Å². The molecular formula is C23H22ClN5O2S. The van der Waals surface area contributed by atoms with Crippen LogP contribution in [0.4, 0.5) is 10.5 Å². The van der Waals surface area contributed by atoms with Gasteiger partial charge in [0.25, 0.3) is 5.91 Å². The number of nitrogens with one attached hydrogen (secondary N) is 3. The molecule has 0 spiro atoms. The number of thioether (sulfide) groups is 1. The SMILES string of the molecule is CSc1ncc(C2NC(=O)NC(C)=C2C(=O)Nc2cccc(Cl)c2)n1Cc1ccccc1. The van der Waals surface area contributed by atoms with E-state index in [0.717, 1.165) is 16.4 Å². The van der Waals surface area contributed by atoms with Gasteiger partial charge in [0.15, 0.2) is 5.16 Å². The highest BCUT2D eigenvalue weighted by molar-refractivity contribution is 7.98. The van der Waals surface area contributed by atoms with E-state index in [0.29, 0.717) is 28.5 Å². The summed E-state index contributed by atoms with van der Waals surface area (Å²) in [4.78, 5) is 30.1. The Morgan fingerprint density at radius 1 is 1.22 bits per heavy atom. The van der Waals surface area contributed by atoms with Crippen molar-refractivity contribution in [3.63, 3.8) is 0 Å². The molecule has 2 heterocycles.